The highest BCUT2D eigenvalue weighted by Crippen LogP contribution is 2.22. The van der Waals surface area contributed by atoms with E-state index < -0.39 is 0 Å². The van der Waals surface area contributed by atoms with Crippen LogP contribution in [0, 0.1) is 0 Å². The Kier molecular flexibility index (Phi) is 5.49. The molecular formula is C15H23NO2. The van der Waals surface area contributed by atoms with Crippen LogP contribution in [0.15, 0.2) is 24.3 Å². The van der Waals surface area contributed by atoms with E-state index in [1.807, 2.05) is 19.1 Å². The fourth-order valence-corrected chi connectivity index (χ4v) is 1.82. The molecule has 1 aliphatic rings. The minimum atomic E-state index is 0.723. The van der Waals surface area contributed by atoms with Gasteiger partial charge in [0.1, 0.15) is 5.75 Å². The number of hydrogen-bond acceptors (Lipinski definition) is 3. The van der Waals surface area contributed by atoms with E-state index >= 15 is 0 Å². The molecule has 0 radical (unpaired) electrons. The van der Waals surface area contributed by atoms with Gasteiger partial charge in [0.2, 0.25) is 0 Å². The number of nitrogens with one attached hydrogen (secondary N) is 1. The van der Waals surface area contributed by atoms with Crippen LogP contribution in [-0.2, 0) is 11.3 Å². The van der Waals surface area contributed by atoms with E-state index in [9.17, 15) is 0 Å². The maximum absolute atomic E-state index is 5.82. The molecule has 0 saturated heterocycles. The first kappa shape index (κ1) is 13.4. The van der Waals surface area contributed by atoms with Crippen molar-refractivity contribution < 1.29 is 9.47 Å². The Labute approximate surface area is 109 Å². The first-order chi connectivity index (χ1) is 8.90. The molecule has 100 valence electrons. The zero-order valence-corrected chi connectivity index (χ0v) is 11.2. The third kappa shape index (κ3) is 4.67. The molecule has 1 aromatic rings. The average molecular weight is 249 g/mol. The highest BCUT2D eigenvalue weighted by Gasteiger charge is 2.20. The Morgan fingerprint density at radius 2 is 2.06 bits per heavy atom. The molecule has 1 N–H and O–H groups in total. The predicted molar refractivity (Wildman–Crippen MR) is 72.9 cm³/mol. The fourth-order valence-electron chi connectivity index (χ4n) is 1.82. The number of hydrogen-bond donors (Lipinski definition) is 1. The molecule has 0 spiro atoms. The largest absolute Gasteiger partial charge is 0.493 e. The molecule has 2 rings (SSSR count). The van der Waals surface area contributed by atoms with Crippen LogP contribution in [0.1, 0.15) is 31.7 Å². The number of ether oxygens (including phenoxy) is 2. The zero-order chi connectivity index (χ0) is 12.6. The quantitative estimate of drug-likeness (QED) is 0.683. The van der Waals surface area contributed by atoms with Crippen LogP contribution in [0.5, 0.6) is 5.75 Å². The third-order valence-electron chi connectivity index (χ3n) is 3.03. The van der Waals surface area contributed by atoms with Crippen molar-refractivity contribution in [3.63, 3.8) is 0 Å². The summed E-state index contributed by atoms with van der Waals surface area (Å²) in [6, 6.07) is 9.00. The van der Waals surface area contributed by atoms with Crippen LogP contribution in [0.2, 0.25) is 0 Å². The summed E-state index contributed by atoms with van der Waals surface area (Å²) in [5, 5.41) is 3.52. The van der Waals surface area contributed by atoms with Crippen molar-refractivity contribution in [3.05, 3.63) is 29.8 Å². The monoisotopic (exact) mass is 249 g/mol. The van der Waals surface area contributed by atoms with E-state index in [1.165, 1.54) is 18.4 Å². The molecule has 0 amide bonds. The first-order valence-corrected chi connectivity index (χ1v) is 6.92. The van der Waals surface area contributed by atoms with Gasteiger partial charge in [0.05, 0.1) is 6.61 Å². The van der Waals surface area contributed by atoms with Crippen molar-refractivity contribution in [3.8, 4) is 5.75 Å². The minimum Gasteiger partial charge on any atom is -0.493 e. The fraction of sp³-hybridized carbons (Fsp3) is 0.600. The molecule has 0 atom stereocenters. The molecule has 18 heavy (non-hydrogen) atoms. The number of benzene rings is 1. The van der Waals surface area contributed by atoms with Crippen molar-refractivity contribution in [2.75, 3.05) is 19.8 Å². The lowest BCUT2D eigenvalue weighted by Gasteiger charge is -2.12. The standard InChI is InChI=1S/C15H23NO2/c1-2-17-10-5-11-18-15-7-4-3-6-13(15)12-16-14-8-9-14/h3-4,6-7,14,16H,2,5,8-12H2,1H3. The number of rotatable bonds is 9. The molecule has 0 bridgehead atoms. The molecule has 3 heteroatoms. The second-order valence-electron chi connectivity index (χ2n) is 4.66. The summed E-state index contributed by atoms with van der Waals surface area (Å²) in [6.07, 6.45) is 3.58. The summed E-state index contributed by atoms with van der Waals surface area (Å²) >= 11 is 0. The second kappa shape index (κ2) is 7.39. The normalized spacial score (nSPS) is 14.7. The van der Waals surface area contributed by atoms with Gasteiger partial charge in [-0.3, -0.25) is 0 Å². The lowest BCUT2D eigenvalue weighted by Crippen LogP contribution is -2.16. The van der Waals surface area contributed by atoms with Crippen molar-refractivity contribution >= 4 is 0 Å². The van der Waals surface area contributed by atoms with E-state index in [0.29, 0.717) is 0 Å². The van der Waals surface area contributed by atoms with Crippen LogP contribution in [-0.4, -0.2) is 25.9 Å². The van der Waals surface area contributed by atoms with Crippen molar-refractivity contribution in [2.45, 2.75) is 38.8 Å². The highest BCUT2D eigenvalue weighted by atomic mass is 16.5. The molecule has 1 saturated carbocycles. The maximum atomic E-state index is 5.82. The Morgan fingerprint density at radius 3 is 2.83 bits per heavy atom. The van der Waals surface area contributed by atoms with E-state index in [4.69, 9.17) is 9.47 Å². The molecule has 0 unspecified atom stereocenters. The van der Waals surface area contributed by atoms with Gasteiger partial charge < -0.3 is 14.8 Å². The van der Waals surface area contributed by atoms with Crippen molar-refractivity contribution in [2.24, 2.45) is 0 Å². The predicted octanol–water partition coefficient (Wildman–Crippen LogP) is 2.74. The summed E-state index contributed by atoms with van der Waals surface area (Å²) in [7, 11) is 0. The van der Waals surface area contributed by atoms with Crippen LogP contribution in [0.25, 0.3) is 0 Å². The zero-order valence-electron chi connectivity index (χ0n) is 11.2. The van der Waals surface area contributed by atoms with Gasteiger partial charge in [-0.15, -0.1) is 0 Å². The van der Waals surface area contributed by atoms with Crippen molar-refractivity contribution in [1.82, 2.24) is 5.32 Å². The van der Waals surface area contributed by atoms with Crippen LogP contribution < -0.4 is 10.1 Å². The molecular weight excluding hydrogens is 226 g/mol. The van der Waals surface area contributed by atoms with Crippen molar-refractivity contribution in [1.29, 1.82) is 0 Å². The molecule has 0 aromatic heterocycles. The van der Waals surface area contributed by atoms with Crippen LogP contribution in [0.4, 0.5) is 0 Å². The van der Waals surface area contributed by atoms with Gasteiger partial charge in [0, 0.05) is 37.8 Å². The van der Waals surface area contributed by atoms with Gasteiger partial charge in [-0.2, -0.15) is 0 Å². The molecule has 1 fully saturated rings. The second-order valence-corrected chi connectivity index (χ2v) is 4.66. The molecule has 0 heterocycles. The smallest absolute Gasteiger partial charge is 0.123 e. The number of para-hydroxylation sites is 1. The Morgan fingerprint density at radius 1 is 1.22 bits per heavy atom. The minimum absolute atomic E-state index is 0.723. The highest BCUT2D eigenvalue weighted by molar-refractivity contribution is 5.33. The van der Waals surface area contributed by atoms with E-state index in [2.05, 4.69) is 17.4 Å². The molecule has 1 aliphatic carbocycles. The van der Waals surface area contributed by atoms with Crippen LogP contribution >= 0.6 is 0 Å². The van der Waals surface area contributed by atoms with Gasteiger partial charge >= 0.3 is 0 Å². The topological polar surface area (TPSA) is 30.5 Å². The van der Waals surface area contributed by atoms with E-state index in [0.717, 1.165) is 44.6 Å². The average Bonchev–Trinajstić information content (AvgIpc) is 3.21. The maximum Gasteiger partial charge on any atom is 0.123 e. The summed E-state index contributed by atoms with van der Waals surface area (Å²) in [6.45, 7) is 5.20. The van der Waals surface area contributed by atoms with E-state index in [1.54, 1.807) is 0 Å². The summed E-state index contributed by atoms with van der Waals surface area (Å²) in [4.78, 5) is 0. The van der Waals surface area contributed by atoms with Gasteiger partial charge in [-0.25, -0.2) is 0 Å². The molecule has 3 nitrogen and oxygen atoms in total. The third-order valence-corrected chi connectivity index (χ3v) is 3.03. The van der Waals surface area contributed by atoms with Crippen LogP contribution in [0.3, 0.4) is 0 Å². The Bertz CT molecular complexity index is 350. The summed E-state index contributed by atoms with van der Waals surface area (Å²) in [5.41, 5.74) is 1.25. The molecule has 0 aliphatic heterocycles. The van der Waals surface area contributed by atoms with Gasteiger partial charge in [-0.05, 0) is 25.8 Å². The van der Waals surface area contributed by atoms with E-state index in [-0.39, 0.29) is 0 Å². The Balaban J connectivity index is 1.74. The lowest BCUT2D eigenvalue weighted by atomic mass is 10.2. The first-order valence-electron chi connectivity index (χ1n) is 6.92. The Hall–Kier alpha value is -1.06. The van der Waals surface area contributed by atoms with Gasteiger partial charge in [-0.1, -0.05) is 18.2 Å². The summed E-state index contributed by atoms with van der Waals surface area (Å²) < 4.78 is 11.1. The summed E-state index contributed by atoms with van der Waals surface area (Å²) in [5.74, 6) is 1.00. The molecule has 1 aromatic carbocycles. The SMILES string of the molecule is CCOCCCOc1ccccc1CNC1CC1. The lowest BCUT2D eigenvalue weighted by molar-refractivity contribution is 0.130. The van der Waals surface area contributed by atoms with Gasteiger partial charge in [0.15, 0.2) is 0 Å². The van der Waals surface area contributed by atoms with Gasteiger partial charge in [0.25, 0.3) is 0 Å².